The highest BCUT2D eigenvalue weighted by Crippen LogP contribution is 2.32. The number of nitrogens with one attached hydrogen (secondary N) is 2. The van der Waals surface area contributed by atoms with Crippen LogP contribution in [-0.2, 0) is 9.59 Å². The minimum atomic E-state index is -0.0675. The first-order chi connectivity index (χ1) is 16.6. The molecule has 2 aromatic heterocycles. The summed E-state index contributed by atoms with van der Waals surface area (Å²) in [7, 11) is 0. The second kappa shape index (κ2) is 11.1. The maximum absolute atomic E-state index is 12.5. The molecule has 0 spiro atoms. The van der Waals surface area contributed by atoms with Crippen LogP contribution in [0.4, 0.5) is 5.69 Å². The maximum Gasteiger partial charge on any atom is 0.234 e. The predicted octanol–water partition coefficient (Wildman–Crippen LogP) is 6.18. The van der Waals surface area contributed by atoms with Crippen LogP contribution in [0.15, 0.2) is 51.1 Å². The zero-order chi connectivity index (χ0) is 23.3. The number of para-hydroxylation sites is 1. The lowest BCUT2D eigenvalue weighted by Gasteiger charge is -2.22. The molecule has 1 saturated carbocycles. The van der Waals surface area contributed by atoms with Crippen LogP contribution in [0.1, 0.15) is 32.1 Å². The molecule has 0 unspecified atom stereocenters. The Labute approximate surface area is 214 Å². The standard InChI is InChI=1S/C24H24N4O2S4/c29-21(25-15-6-2-1-3-7-15)13-32-24-28-18-11-10-16(12-20(18)34-24)26-22(30)14-31-23-27-17-8-4-5-9-19(17)33-23/h4-5,8-12,15H,1-3,6-7,13-14H2,(H,25,29)(H,26,30). The van der Waals surface area contributed by atoms with Crippen molar-refractivity contribution in [1.29, 1.82) is 0 Å². The van der Waals surface area contributed by atoms with Gasteiger partial charge in [0.2, 0.25) is 11.8 Å². The first kappa shape index (κ1) is 23.6. The largest absolute Gasteiger partial charge is 0.353 e. The molecule has 0 radical (unpaired) electrons. The zero-order valence-corrected chi connectivity index (χ0v) is 21.7. The lowest BCUT2D eigenvalue weighted by molar-refractivity contribution is -0.119. The molecule has 0 saturated heterocycles. The molecule has 2 aromatic carbocycles. The summed E-state index contributed by atoms with van der Waals surface area (Å²) in [6.45, 7) is 0. The van der Waals surface area contributed by atoms with Crippen molar-refractivity contribution in [3.63, 3.8) is 0 Å². The van der Waals surface area contributed by atoms with E-state index in [1.54, 1.807) is 22.7 Å². The summed E-state index contributed by atoms with van der Waals surface area (Å²) in [5.74, 6) is 0.692. The summed E-state index contributed by atoms with van der Waals surface area (Å²) in [6, 6.07) is 14.0. The van der Waals surface area contributed by atoms with E-state index in [1.165, 1.54) is 42.8 Å². The number of anilines is 1. The summed E-state index contributed by atoms with van der Waals surface area (Å²) in [4.78, 5) is 33.9. The monoisotopic (exact) mass is 528 g/mol. The summed E-state index contributed by atoms with van der Waals surface area (Å²) in [5.41, 5.74) is 2.59. The fourth-order valence-corrected chi connectivity index (χ4v) is 7.71. The van der Waals surface area contributed by atoms with Gasteiger partial charge in [0.25, 0.3) is 0 Å². The lowest BCUT2D eigenvalue weighted by atomic mass is 9.95. The molecule has 5 rings (SSSR count). The number of fused-ring (bicyclic) bond motifs is 2. The third-order valence-corrected chi connectivity index (χ3v) is 9.89. The van der Waals surface area contributed by atoms with Crippen LogP contribution in [-0.4, -0.2) is 39.3 Å². The summed E-state index contributed by atoms with van der Waals surface area (Å²) >= 11 is 6.06. The molecule has 6 nitrogen and oxygen atoms in total. The number of thiazole rings is 2. The third kappa shape index (κ3) is 6.10. The number of carbonyl (C=O) groups excluding carboxylic acids is 2. The maximum atomic E-state index is 12.5. The van der Waals surface area contributed by atoms with Crippen molar-refractivity contribution in [3.05, 3.63) is 42.5 Å². The number of nitrogens with zero attached hydrogens (tertiary/aromatic N) is 2. The van der Waals surface area contributed by atoms with Gasteiger partial charge in [0, 0.05) is 11.7 Å². The predicted molar refractivity (Wildman–Crippen MR) is 144 cm³/mol. The molecule has 1 aliphatic rings. The quantitative estimate of drug-likeness (QED) is 0.266. The minimum Gasteiger partial charge on any atom is -0.353 e. The second-order valence-electron chi connectivity index (χ2n) is 8.14. The molecule has 10 heteroatoms. The molecular formula is C24H24N4O2S4. The second-order valence-corrected chi connectivity index (χ2v) is 12.6. The molecule has 2 heterocycles. The van der Waals surface area contributed by atoms with Crippen LogP contribution in [0, 0.1) is 0 Å². The topological polar surface area (TPSA) is 84.0 Å². The third-order valence-electron chi connectivity index (χ3n) is 5.55. The molecule has 2 amide bonds. The van der Waals surface area contributed by atoms with Crippen molar-refractivity contribution in [2.45, 2.75) is 46.8 Å². The fraction of sp³-hybridized carbons (Fsp3) is 0.333. The van der Waals surface area contributed by atoms with E-state index >= 15 is 0 Å². The Morgan fingerprint density at radius 1 is 0.853 bits per heavy atom. The average molecular weight is 529 g/mol. The Morgan fingerprint density at radius 2 is 1.53 bits per heavy atom. The highest BCUT2D eigenvalue weighted by Gasteiger charge is 2.16. The Kier molecular flexibility index (Phi) is 7.68. The van der Waals surface area contributed by atoms with Crippen molar-refractivity contribution >= 4 is 84.1 Å². The summed E-state index contributed by atoms with van der Waals surface area (Å²) in [5, 5.41) is 6.12. The van der Waals surface area contributed by atoms with Gasteiger partial charge in [0.1, 0.15) is 0 Å². The summed E-state index contributed by atoms with van der Waals surface area (Å²) in [6.07, 6.45) is 5.86. The van der Waals surface area contributed by atoms with E-state index in [0.717, 1.165) is 47.6 Å². The van der Waals surface area contributed by atoms with E-state index in [0.29, 0.717) is 17.5 Å². The van der Waals surface area contributed by atoms with Gasteiger partial charge < -0.3 is 10.6 Å². The van der Waals surface area contributed by atoms with Gasteiger partial charge in [-0.1, -0.05) is 54.9 Å². The van der Waals surface area contributed by atoms with Gasteiger partial charge in [-0.2, -0.15) is 0 Å². The number of hydrogen-bond acceptors (Lipinski definition) is 8. The molecule has 0 atom stereocenters. The first-order valence-corrected chi connectivity index (χ1v) is 14.8. The molecule has 4 aromatic rings. The number of hydrogen-bond donors (Lipinski definition) is 2. The van der Waals surface area contributed by atoms with Crippen LogP contribution in [0.25, 0.3) is 20.4 Å². The van der Waals surface area contributed by atoms with Gasteiger partial charge in [-0.25, -0.2) is 9.97 Å². The summed E-state index contributed by atoms with van der Waals surface area (Å²) < 4.78 is 3.88. The number of carbonyl (C=O) groups is 2. The molecule has 1 fully saturated rings. The normalized spacial score (nSPS) is 14.5. The number of thioether (sulfide) groups is 2. The number of amides is 2. The van der Waals surface area contributed by atoms with Gasteiger partial charge in [-0.3, -0.25) is 9.59 Å². The van der Waals surface area contributed by atoms with Gasteiger partial charge in [0.15, 0.2) is 8.68 Å². The molecule has 0 aliphatic heterocycles. The molecule has 34 heavy (non-hydrogen) atoms. The first-order valence-electron chi connectivity index (χ1n) is 11.2. The van der Waals surface area contributed by atoms with E-state index < -0.39 is 0 Å². The van der Waals surface area contributed by atoms with E-state index in [9.17, 15) is 9.59 Å². The number of rotatable bonds is 8. The van der Waals surface area contributed by atoms with Crippen molar-refractivity contribution in [2.24, 2.45) is 0 Å². The van der Waals surface area contributed by atoms with Crippen molar-refractivity contribution in [1.82, 2.24) is 15.3 Å². The van der Waals surface area contributed by atoms with E-state index in [4.69, 9.17) is 0 Å². The number of benzene rings is 2. The lowest BCUT2D eigenvalue weighted by Crippen LogP contribution is -2.37. The van der Waals surface area contributed by atoms with Gasteiger partial charge >= 0.3 is 0 Å². The smallest absolute Gasteiger partial charge is 0.234 e. The van der Waals surface area contributed by atoms with E-state index in [1.807, 2.05) is 42.5 Å². The van der Waals surface area contributed by atoms with Crippen molar-refractivity contribution < 1.29 is 9.59 Å². The molecule has 2 N–H and O–H groups in total. The highest BCUT2D eigenvalue weighted by molar-refractivity contribution is 8.02. The Hall–Kier alpha value is -2.14. The fourth-order valence-electron chi connectivity index (χ4n) is 3.92. The van der Waals surface area contributed by atoms with Crippen LogP contribution >= 0.6 is 46.2 Å². The van der Waals surface area contributed by atoms with Gasteiger partial charge in [-0.05, 0) is 43.2 Å². The van der Waals surface area contributed by atoms with Crippen molar-refractivity contribution in [2.75, 3.05) is 16.8 Å². The Morgan fingerprint density at radius 3 is 2.29 bits per heavy atom. The molecule has 0 bridgehead atoms. The van der Waals surface area contributed by atoms with E-state index in [-0.39, 0.29) is 11.8 Å². The SMILES string of the molecule is O=C(CSc1nc2ccccc2s1)Nc1ccc2nc(SCC(=O)NC3CCCCC3)sc2c1. The van der Waals surface area contributed by atoms with Crippen LogP contribution in [0.3, 0.4) is 0 Å². The van der Waals surface area contributed by atoms with Crippen LogP contribution < -0.4 is 10.6 Å². The zero-order valence-electron chi connectivity index (χ0n) is 18.4. The van der Waals surface area contributed by atoms with Crippen LogP contribution in [0.5, 0.6) is 0 Å². The molecule has 1 aliphatic carbocycles. The minimum absolute atomic E-state index is 0.0675. The average Bonchev–Trinajstić information content (AvgIpc) is 3.45. The van der Waals surface area contributed by atoms with Gasteiger partial charge in [-0.15, -0.1) is 22.7 Å². The Bertz CT molecular complexity index is 1280. The van der Waals surface area contributed by atoms with Crippen molar-refractivity contribution in [3.8, 4) is 0 Å². The molecule has 176 valence electrons. The number of aromatic nitrogens is 2. The highest BCUT2D eigenvalue weighted by atomic mass is 32.2. The molecular weight excluding hydrogens is 505 g/mol. The Balaban J connectivity index is 1.13. The van der Waals surface area contributed by atoms with E-state index in [2.05, 4.69) is 20.6 Å². The van der Waals surface area contributed by atoms with Crippen LogP contribution in [0.2, 0.25) is 0 Å². The van der Waals surface area contributed by atoms with Gasteiger partial charge in [0.05, 0.1) is 31.9 Å².